The van der Waals surface area contributed by atoms with Crippen LogP contribution in [0.5, 0.6) is 0 Å². The largest absolute Gasteiger partial charge is 0.391 e. The van der Waals surface area contributed by atoms with Crippen molar-refractivity contribution in [3.8, 4) is 0 Å². The van der Waals surface area contributed by atoms with E-state index in [1.165, 1.54) is 12.8 Å². The molecular formula is C25H32Cl2N4O3. The normalized spacial score (nSPS) is 30.8. The first-order valence-electron chi connectivity index (χ1n) is 12.2. The zero-order valence-electron chi connectivity index (χ0n) is 19.4. The maximum Gasteiger partial charge on any atom is 0.322 e. The van der Waals surface area contributed by atoms with Crippen molar-refractivity contribution in [3.05, 3.63) is 40.4 Å². The highest BCUT2D eigenvalue weighted by Crippen LogP contribution is 2.53. The summed E-state index contributed by atoms with van der Waals surface area (Å²) in [6.07, 6.45) is 9.25. The lowest BCUT2D eigenvalue weighted by molar-refractivity contribution is -0.142. The zero-order chi connectivity index (χ0) is 24.0. The van der Waals surface area contributed by atoms with Crippen molar-refractivity contribution in [2.24, 2.45) is 5.41 Å². The Bertz CT molecular complexity index is 998. The van der Waals surface area contributed by atoms with Gasteiger partial charge in [0.25, 0.3) is 0 Å². The summed E-state index contributed by atoms with van der Waals surface area (Å²) in [5, 5.41) is 14.0. The van der Waals surface area contributed by atoms with Crippen molar-refractivity contribution in [3.63, 3.8) is 0 Å². The summed E-state index contributed by atoms with van der Waals surface area (Å²) in [7, 11) is 0. The number of piperidine rings is 1. The molecule has 4 aliphatic rings. The van der Waals surface area contributed by atoms with Crippen LogP contribution in [0.3, 0.4) is 0 Å². The van der Waals surface area contributed by atoms with Crippen LogP contribution in [0, 0.1) is 5.41 Å². The number of halogens is 2. The van der Waals surface area contributed by atoms with E-state index in [4.69, 9.17) is 23.2 Å². The van der Waals surface area contributed by atoms with Gasteiger partial charge in [0, 0.05) is 25.3 Å². The number of urea groups is 1. The third-order valence-electron chi connectivity index (χ3n) is 8.14. The van der Waals surface area contributed by atoms with E-state index in [9.17, 15) is 14.7 Å². The average Bonchev–Trinajstić information content (AvgIpc) is 3.48. The SMILES string of the molecule is CC1C(=O)N2C(C=CCN3CCC4(CC4)C(O)C3)CCC2CN1C(=O)Nc1ccc(Cl)c(Cl)c1. The quantitative estimate of drug-likeness (QED) is 0.605. The molecule has 1 aromatic rings. The summed E-state index contributed by atoms with van der Waals surface area (Å²) >= 11 is 12.0. The van der Waals surface area contributed by atoms with E-state index in [0.717, 1.165) is 38.9 Å². The van der Waals surface area contributed by atoms with Crippen LogP contribution in [0.15, 0.2) is 30.4 Å². The highest BCUT2D eigenvalue weighted by atomic mass is 35.5. The molecule has 9 heteroatoms. The van der Waals surface area contributed by atoms with Crippen molar-refractivity contribution in [1.82, 2.24) is 14.7 Å². The molecule has 1 aliphatic carbocycles. The second-order valence-electron chi connectivity index (χ2n) is 10.2. The van der Waals surface area contributed by atoms with Gasteiger partial charge in [0.1, 0.15) is 6.04 Å². The molecule has 7 nitrogen and oxygen atoms in total. The maximum absolute atomic E-state index is 13.3. The number of hydrogen-bond acceptors (Lipinski definition) is 4. The molecule has 5 rings (SSSR count). The summed E-state index contributed by atoms with van der Waals surface area (Å²) < 4.78 is 0. The van der Waals surface area contributed by atoms with Crippen LogP contribution in [-0.2, 0) is 4.79 Å². The molecule has 3 saturated heterocycles. The molecule has 0 radical (unpaired) electrons. The number of nitrogens with zero attached hydrogens (tertiary/aromatic N) is 3. The molecule has 4 fully saturated rings. The Hall–Kier alpha value is -1.80. The number of hydrogen-bond donors (Lipinski definition) is 2. The van der Waals surface area contributed by atoms with Crippen LogP contribution >= 0.6 is 23.2 Å². The third kappa shape index (κ3) is 4.55. The first-order chi connectivity index (χ1) is 16.3. The zero-order valence-corrected chi connectivity index (χ0v) is 20.9. The highest BCUT2D eigenvalue weighted by Gasteiger charge is 2.51. The van der Waals surface area contributed by atoms with Crippen LogP contribution in [-0.4, -0.2) is 82.2 Å². The van der Waals surface area contributed by atoms with E-state index >= 15 is 0 Å². The summed E-state index contributed by atoms with van der Waals surface area (Å²) in [5.41, 5.74) is 0.761. The van der Waals surface area contributed by atoms with Gasteiger partial charge >= 0.3 is 6.03 Å². The number of likely N-dealkylation sites (tertiary alicyclic amines) is 1. The lowest BCUT2D eigenvalue weighted by Crippen LogP contribution is -2.62. The van der Waals surface area contributed by atoms with Crippen LogP contribution in [0.25, 0.3) is 0 Å². The van der Waals surface area contributed by atoms with E-state index < -0.39 is 6.04 Å². The van der Waals surface area contributed by atoms with Gasteiger partial charge in [0.05, 0.1) is 28.2 Å². The molecule has 0 bridgehead atoms. The first kappa shape index (κ1) is 23.9. The number of carbonyl (C=O) groups is 2. The van der Waals surface area contributed by atoms with Gasteiger partial charge in [-0.1, -0.05) is 35.4 Å². The minimum atomic E-state index is -0.542. The van der Waals surface area contributed by atoms with Crippen LogP contribution < -0.4 is 5.32 Å². The van der Waals surface area contributed by atoms with Crippen molar-refractivity contribution < 1.29 is 14.7 Å². The topological polar surface area (TPSA) is 76.1 Å². The molecule has 1 saturated carbocycles. The smallest absolute Gasteiger partial charge is 0.322 e. The summed E-state index contributed by atoms with van der Waals surface area (Å²) in [6.45, 7) is 4.85. The molecule has 1 spiro atoms. The molecule has 0 aromatic heterocycles. The molecule has 34 heavy (non-hydrogen) atoms. The molecule has 3 heterocycles. The van der Waals surface area contributed by atoms with Crippen LogP contribution in [0.2, 0.25) is 10.0 Å². The van der Waals surface area contributed by atoms with E-state index in [2.05, 4.69) is 22.4 Å². The number of aliphatic hydroxyl groups excluding tert-OH is 1. The number of anilines is 1. The molecule has 4 atom stereocenters. The van der Waals surface area contributed by atoms with Gasteiger partial charge in [0.15, 0.2) is 0 Å². The number of carbonyl (C=O) groups excluding carboxylic acids is 2. The van der Waals surface area contributed by atoms with Gasteiger partial charge in [-0.3, -0.25) is 9.69 Å². The standard InChI is InChI=1S/C25H32Cl2N4O3/c1-16-23(33)31-18(3-2-11-29-12-10-25(8-9-25)22(32)15-29)5-6-19(31)14-30(16)24(34)28-17-4-7-20(26)21(27)13-17/h2-4,7,13,16,18-19,22,32H,5-6,8-12,14-15H2,1H3,(H,28,34). The number of fused-ring (bicyclic) bond motifs is 1. The average molecular weight is 507 g/mol. The van der Waals surface area contributed by atoms with Gasteiger partial charge < -0.3 is 20.2 Å². The maximum atomic E-state index is 13.3. The van der Waals surface area contributed by atoms with Gasteiger partial charge in [-0.2, -0.15) is 0 Å². The second-order valence-corrected chi connectivity index (χ2v) is 11.1. The van der Waals surface area contributed by atoms with Crippen molar-refractivity contribution in [1.29, 1.82) is 0 Å². The predicted octanol–water partition coefficient (Wildman–Crippen LogP) is 3.99. The number of aliphatic hydroxyl groups is 1. The molecule has 4 unspecified atom stereocenters. The van der Waals surface area contributed by atoms with E-state index in [1.54, 1.807) is 30.0 Å². The summed E-state index contributed by atoms with van der Waals surface area (Å²) in [4.78, 5) is 32.1. The number of amides is 3. The second kappa shape index (κ2) is 9.34. The Morgan fingerprint density at radius 1 is 1.21 bits per heavy atom. The van der Waals surface area contributed by atoms with E-state index in [0.29, 0.717) is 22.3 Å². The Kier molecular flexibility index (Phi) is 6.57. The summed E-state index contributed by atoms with van der Waals surface area (Å²) in [6, 6.07) is 4.15. The van der Waals surface area contributed by atoms with E-state index in [-0.39, 0.29) is 35.5 Å². The fraction of sp³-hybridized carbons (Fsp3) is 0.600. The summed E-state index contributed by atoms with van der Waals surface area (Å²) in [5.74, 6) is -0.0169. The number of benzene rings is 1. The number of β-amino-alcohol motifs (C(OH)–C–C–N with tert-alkyl or cyclic N) is 1. The lowest BCUT2D eigenvalue weighted by atomic mass is 9.90. The van der Waals surface area contributed by atoms with Gasteiger partial charge in [-0.25, -0.2) is 4.79 Å². The van der Waals surface area contributed by atoms with Gasteiger partial charge in [-0.05, 0) is 69.2 Å². The number of piperazine rings is 1. The van der Waals surface area contributed by atoms with E-state index in [1.807, 2.05) is 4.90 Å². The monoisotopic (exact) mass is 506 g/mol. The number of nitrogens with one attached hydrogen (secondary N) is 1. The fourth-order valence-electron chi connectivity index (χ4n) is 5.74. The Labute approximate surface area is 210 Å². The molecule has 3 amide bonds. The van der Waals surface area contributed by atoms with Gasteiger partial charge in [-0.15, -0.1) is 0 Å². The van der Waals surface area contributed by atoms with Gasteiger partial charge in [0.2, 0.25) is 5.91 Å². The Balaban J connectivity index is 1.17. The molecular weight excluding hydrogens is 475 g/mol. The predicted molar refractivity (Wildman–Crippen MR) is 133 cm³/mol. The Morgan fingerprint density at radius 2 is 2.00 bits per heavy atom. The van der Waals surface area contributed by atoms with Crippen LogP contribution in [0.1, 0.15) is 39.0 Å². The van der Waals surface area contributed by atoms with Crippen molar-refractivity contribution in [2.45, 2.75) is 63.3 Å². The molecule has 184 valence electrons. The third-order valence-corrected chi connectivity index (χ3v) is 8.88. The molecule has 1 aromatic carbocycles. The Morgan fingerprint density at radius 3 is 2.71 bits per heavy atom. The fourth-order valence-corrected chi connectivity index (χ4v) is 6.04. The lowest BCUT2D eigenvalue weighted by Gasteiger charge is -2.43. The minimum absolute atomic E-state index is 0.0169. The van der Waals surface area contributed by atoms with Crippen molar-refractivity contribution >= 4 is 40.8 Å². The highest BCUT2D eigenvalue weighted by molar-refractivity contribution is 6.42. The minimum Gasteiger partial charge on any atom is -0.391 e. The number of rotatable bonds is 4. The van der Waals surface area contributed by atoms with Crippen LogP contribution in [0.4, 0.5) is 10.5 Å². The molecule has 2 N–H and O–H groups in total. The van der Waals surface area contributed by atoms with Crippen molar-refractivity contribution in [2.75, 3.05) is 31.5 Å². The molecule has 3 aliphatic heterocycles. The first-order valence-corrected chi connectivity index (χ1v) is 12.9.